The Morgan fingerprint density at radius 2 is 0.857 bits per heavy atom. The van der Waals surface area contributed by atoms with Crippen LogP contribution in [-0.2, 0) is 47.3 Å². The van der Waals surface area contributed by atoms with Crippen molar-refractivity contribution >= 4 is 41.3 Å². The highest BCUT2D eigenvalue weighted by Crippen LogP contribution is 2.39. The molecule has 3 aromatic rings. The minimum absolute atomic E-state index is 0.0930. The normalized spacial score (nSPS) is 13.8. The second-order valence-electron chi connectivity index (χ2n) is 10.4. The van der Waals surface area contributed by atoms with Crippen LogP contribution in [0.25, 0.3) is 0 Å². The van der Waals surface area contributed by atoms with Gasteiger partial charge in [-0.15, -0.1) is 0 Å². The zero-order valence-electron chi connectivity index (χ0n) is 25.0. The summed E-state index contributed by atoms with van der Waals surface area (Å²) in [5.74, 6) is -3.73. The maximum Gasteiger partial charge on any atom is 0.524 e. The van der Waals surface area contributed by atoms with E-state index in [4.69, 9.17) is 35.1 Å². The first-order valence-corrected chi connectivity index (χ1v) is 18.4. The van der Waals surface area contributed by atoms with Crippen LogP contribution in [-0.4, -0.2) is 70.4 Å². The fourth-order valence-electron chi connectivity index (χ4n) is 4.25. The van der Waals surface area contributed by atoms with Crippen molar-refractivity contribution in [2.75, 3.05) is 0 Å². The molecular formula is C27H32N3O16P3. The van der Waals surface area contributed by atoms with E-state index in [0.29, 0.717) is 16.7 Å². The number of nitrogens with one attached hydrogen (secondary N) is 2. The Morgan fingerprint density at radius 1 is 0.551 bits per heavy atom. The summed E-state index contributed by atoms with van der Waals surface area (Å²) in [6.45, 7) is 0. The summed E-state index contributed by atoms with van der Waals surface area (Å²) in [5, 5.41) is 14.6. The van der Waals surface area contributed by atoms with Crippen LogP contribution in [0, 0.1) is 0 Å². The summed E-state index contributed by atoms with van der Waals surface area (Å²) in [7, 11) is -14.5. The van der Waals surface area contributed by atoms with Crippen LogP contribution in [0.2, 0.25) is 0 Å². The summed E-state index contributed by atoms with van der Waals surface area (Å²) in [6, 6.07) is 11.3. The molecule has 0 aliphatic rings. The van der Waals surface area contributed by atoms with Crippen LogP contribution >= 0.6 is 23.5 Å². The number of carboxylic acids is 1. The molecule has 19 nitrogen and oxygen atoms in total. The molecule has 0 bridgehead atoms. The molecule has 0 aromatic heterocycles. The predicted molar refractivity (Wildman–Crippen MR) is 168 cm³/mol. The number of rotatable bonds is 17. The van der Waals surface area contributed by atoms with Gasteiger partial charge in [0, 0.05) is 12.8 Å². The molecule has 49 heavy (non-hydrogen) atoms. The largest absolute Gasteiger partial charge is 0.524 e. The number of benzene rings is 3. The lowest BCUT2D eigenvalue weighted by Crippen LogP contribution is -2.55. The summed E-state index contributed by atoms with van der Waals surface area (Å²) in [5.41, 5.74) is 7.23. The molecule has 0 aliphatic carbocycles. The molecule has 0 saturated heterocycles. The number of amides is 2. The molecule has 0 aliphatic heterocycles. The first-order valence-electron chi connectivity index (χ1n) is 13.8. The molecule has 0 unspecified atom stereocenters. The van der Waals surface area contributed by atoms with E-state index in [-0.39, 0.29) is 36.5 Å². The second kappa shape index (κ2) is 16.5. The lowest BCUT2D eigenvalue weighted by molar-refractivity contribution is -0.142. The number of carbonyl (C=O) groups is 3. The zero-order valence-corrected chi connectivity index (χ0v) is 27.7. The minimum Gasteiger partial charge on any atom is -0.480 e. The van der Waals surface area contributed by atoms with Crippen LogP contribution in [0.1, 0.15) is 16.7 Å². The molecule has 3 rings (SSSR count). The molecule has 0 saturated carbocycles. The van der Waals surface area contributed by atoms with E-state index in [1.165, 1.54) is 72.8 Å². The van der Waals surface area contributed by atoms with Crippen molar-refractivity contribution in [3.05, 3.63) is 89.5 Å². The van der Waals surface area contributed by atoms with Crippen LogP contribution in [0.3, 0.4) is 0 Å². The summed E-state index contributed by atoms with van der Waals surface area (Å²) >= 11 is 0. The number of aliphatic carboxylic acids is 1. The van der Waals surface area contributed by atoms with E-state index < -0.39 is 59.4 Å². The van der Waals surface area contributed by atoms with Crippen molar-refractivity contribution in [3.8, 4) is 17.2 Å². The fourth-order valence-corrected chi connectivity index (χ4v) is 5.44. The van der Waals surface area contributed by atoms with E-state index in [2.05, 4.69) is 24.2 Å². The molecule has 0 radical (unpaired) electrons. The Bertz CT molecular complexity index is 1760. The maximum absolute atomic E-state index is 13.4. The molecule has 0 heterocycles. The Kier molecular flexibility index (Phi) is 13.3. The van der Waals surface area contributed by atoms with E-state index in [9.17, 15) is 33.2 Å². The van der Waals surface area contributed by atoms with Crippen LogP contribution in [0.4, 0.5) is 0 Å². The monoisotopic (exact) mass is 747 g/mol. The van der Waals surface area contributed by atoms with Gasteiger partial charge in [0.1, 0.15) is 29.3 Å². The van der Waals surface area contributed by atoms with Crippen molar-refractivity contribution in [1.82, 2.24) is 10.6 Å². The first-order chi connectivity index (χ1) is 22.7. The third kappa shape index (κ3) is 14.5. The van der Waals surface area contributed by atoms with Gasteiger partial charge in [-0.2, -0.15) is 0 Å². The smallest absolute Gasteiger partial charge is 0.480 e. The van der Waals surface area contributed by atoms with E-state index in [0.717, 1.165) is 0 Å². The molecular weight excluding hydrogens is 715 g/mol. The number of carbonyl (C=O) groups excluding carboxylic acids is 2. The highest BCUT2D eigenvalue weighted by atomic mass is 31.2. The van der Waals surface area contributed by atoms with Crippen molar-refractivity contribution in [1.29, 1.82) is 0 Å². The number of carboxylic acid groups (broad SMARTS) is 1. The third-order valence-electron chi connectivity index (χ3n) is 6.36. The molecule has 2 amide bonds. The van der Waals surface area contributed by atoms with Gasteiger partial charge in [-0.05, 0) is 59.5 Å². The number of phosphoric acid groups is 3. The van der Waals surface area contributed by atoms with Gasteiger partial charge in [0.05, 0.1) is 6.04 Å². The Labute approximate surface area is 277 Å². The topological polar surface area (TPSA) is 322 Å². The highest BCUT2D eigenvalue weighted by Gasteiger charge is 2.29. The van der Waals surface area contributed by atoms with Gasteiger partial charge in [0.2, 0.25) is 11.8 Å². The van der Waals surface area contributed by atoms with E-state index >= 15 is 0 Å². The maximum atomic E-state index is 13.4. The molecule has 11 N–H and O–H groups in total. The minimum atomic E-state index is -4.86. The third-order valence-corrected chi connectivity index (χ3v) is 7.71. The molecule has 3 atom stereocenters. The van der Waals surface area contributed by atoms with Gasteiger partial charge >= 0.3 is 29.4 Å². The van der Waals surface area contributed by atoms with Crippen LogP contribution in [0.5, 0.6) is 17.2 Å². The molecule has 0 spiro atoms. The molecule has 266 valence electrons. The number of hydrogen-bond acceptors (Lipinski definition) is 10. The fraction of sp³-hybridized carbons (Fsp3) is 0.222. The number of nitrogens with two attached hydrogens (primary N) is 1. The molecule has 0 fully saturated rings. The van der Waals surface area contributed by atoms with Crippen molar-refractivity contribution in [2.24, 2.45) is 5.73 Å². The van der Waals surface area contributed by atoms with Gasteiger partial charge in [-0.25, -0.2) is 18.5 Å². The Hall–Kier alpha value is -4.12. The SMILES string of the molecule is N[C@@H](Cc1ccc(OP(=O)(O)O)cc1)C(=O)N[C@@H](Cc1ccc(OP(=O)(O)O)cc1)C(=O)N[C@@H](Cc1ccc(OP(=O)(O)O)cc1)C(=O)O. The predicted octanol–water partition coefficient (Wildman–Crippen LogP) is 0.510. The zero-order chi connectivity index (χ0) is 36.6. The van der Waals surface area contributed by atoms with Gasteiger partial charge in [0.15, 0.2) is 0 Å². The van der Waals surface area contributed by atoms with Crippen LogP contribution < -0.4 is 29.9 Å². The summed E-state index contributed by atoms with van der Waals surface area (Å²) < 4.78 is 46.6. The van der Waals surface area contributed by atoms with Crippen molar-refractivity contribution in [2.45, 2.75) is 37.4 Å². The van der Waals surface area contributed by atoms with Gasteiger partial charge in [0.25, 0.3) is 0 Å². The second-order valence-corrected chi connectivity index (χ2v) is 13.8. The standard InChI is InChI=1S/C27H32N3O16P3/c28-22(13-16-1-7-19(8-2-16)44-47(35,36)37)25(31)29-23(14-17-3-9-20(10-4-17)45-48(38,39)40)26(32)30-24(27(33)34)15-18-5-11-21(12-6-18)46-49(41,42)43/h1-12,22-24H,13-15,28H2,(H,29,31)(H,30,32)(H,33,34)(H2,35,36,37)(H2,38,39,40)(H2,41,42,43)/t22-,23-,24-/m0/s1. The molecule has 3 aromatic carbocycles. The van der Waals surface area contributed by atoms with Gasteiger partial charge < -0.3 is 35.0 Å². The summed E-state index contributed by atoms with van der Waals surface area (Å²) in [4.78, 5) is 92.5. The lowest BCUT2D eigenvalue weighted by Gasteiger charge is -2.23. The number of phosphoric ester groups is 3. The average molecular weight is 747 g/mol. The van der Waals surface area contributed by atoms with Crippen molar-refractivity contribution in [3.63, 3.8) is 0 Å². The first kappa shape index (κ1) is 39.3. The summed E-state index contributed by atoms with van der Waals surface area (Å²) in [6.07, 6.45) is -0.618. The molecule has 22 heteroatoms. The lowest BCUT2D eigenvalue weighted by atomic mass is 10.0. The Morgan fingerprint density at radius 3 is 1.18 bits per heavy atom. The van der Waals surface area contributed by atoms with Crippen molar-refractivity contribution < 1.29 is 76.1 Å². The van der Waals surface area contributed by atoms with E-state index in [1.807, 2.05) is 0 Å². The quantitative estimate of drug-likeness (QED) is 0.0841. The van der Waals surface area contributed by atoms with Gasteiger partial charge in [-0.3, -0.25) is 38.9 Å². The average Bonchev–Trinajstić information content (AvgIpc) is 2.97. The number of hydrogen-bond donors (Lipinski definition) is 10. The van der Waals surface area contributed by atoms with Crippen LogP contribution in [0.15, 0.2) is 72.8 Å². The van der Waals surface area contributed by atoms with E-state index in [1.54, 1.807) is 0 Å². The van der Waals surface area contributed by atoms with Gasteiger partial charge in [-0.1, -0.05) is 36.4 Å². The highest BCUT2D eigenvalue weighted by molar-refractivity contribution is 7.47. The Balaban J connectivity index is 1.77.